The number of benzene rings is 1. The van der Waals surface area contributed by atoms with E-state index in [1.54, 1.807) is 19.2 Å². The van der Waals surface area contributed by atoms with Gasteiger partial charge in [-0.3, -0.25) is 4.79 Å². The third-order valence-corrected chi connectivity index (χ3v) is 7.67. The van der Waals surface area contributed by atoms with E-state index in [4.69, 9.17) is 9.47 Å². The fourth-order valence-corrected chi connectivity index (χ4v) is 6.42. The van der Waals surface area contributed by atoms with Crippen molar-refractivity contribution in [3.8, 4) is 5.75 Å². The number of carbonyl (C=O) groups is 1. The molecule has 0 saturated carbocycles. The van der Waals surface area contributed by atoms with Gasteiger partial charge in [-0.1, -0.05) is 20.8 Å². The summed E-state index contributed by atoms with van der Waals surface area (Å²) in [5, 5.41) is 0. The summed E-state index contributed by atoms with van der Waals surface area (Å²) in [7, 11) is -1.89. The largest absolute Gasteiger partial charge is 0.465 e. The van der Waals surface area contributed by atoms with Crippen LogP contribution in [0.4, 0.5) is 5.69 Å². The standard InChI is InChI=1S/C21H32N2O5S/c1-15-8-18(29(25,26)12-21(2,3)4)9-19(20(15)28-14-27-5)23-16-6-7-17(23)11-22(10-16)13-24/h8-9,13,16-17H,6-7,10-12,14H2,1-5H3. The van der Waals surface area contributed by atoms with Crippen molar-refractivity contribution in [3.63, 3.8) is 0 Å². The monoisotopic (exact) mass is 424 g/mol. The molecule has 1 aromatic rings. The molecule has 1 aromatic carbocycles. The molecule has 2 aliphatic rings. The number of carbonyl (C=O) groups excluding carboxylic acids is 1. The highest BCUT2D eigenvalue weighted by molar-refractivity contribution is 7.91. The number of hydrogen-bond donors (Lipinski definition) is 0. The Morgan fingerprint density at radius 1 is 1.17 bits per heavy atom. The molecule has 8 heteroatoms. The van der Waals surface area contributed by atoms with Gasteiger partial charge in [-0.15, -0.1) is 0 Å². The lowest BCUT2D eigenvalue weighted by molar-refractivity contribution is -0.119. The number of hydrogen-bond acceptors (Lipinski definition) is 6. The van der Waals surface area contributed by atoms with Crippen LogP contribution in [0.1, 0.15) is 39.2 Å². The molecule has 2 atom stereocenters. The van der Waals surface area contributed by atoms with Crippen LogP contribution < -0.4 is 9.64 Å². The molecule has 0 aromatic heterocycles. The molecule has 3 rings (SSSR count). The highest BCUT2D eigenvalue weighted by Crippen LogP contribution is 2.43. The molecule has 0 spiro atoms. The van der Waals surface area contributed by atoms with Crippen molar-refractivity contribution in [1.29, 1.82) is 0 Å². The summed E-state index contributed by atoms with van der Waals surface area (Å²) in [6.45, 7) is 9.01. The van der Waals surface area contributed by atoms with Gasteiger partial charge >= 0.3 is 0 Å². The molecule has 1 amide bonds. The van der Waals surface area contributed by atoms with Crippen molar-refractivity contribution >= 4 is 21.9 Å². The number of anilines is 1. The molecule has 29 heavy (non-hydrogen) atoms. The summed E-state index contributed by atoms with van der Waals surface area (Å²) in [6.07, 6.45) is 2.84. The molecule has 0 aliphatic carbocycles. The summed E-state index contributed by atoms with van der Waals surface area (Å²) in [4.78, 5) is 15.7. The van der Waals surface area contributed by atoms with Crippen molar-refractivity contribution in [2.75, 3.05) is 37.6 Å². The molecule has 2 saturated heterocycles. The molecule has 162 valence electrons. The minimum atomic E-state index is -3.45. The quantitative estimate of drug-likeness (QED) is 0.495. The Morgan fingerprint density at radius 2 is 1.79 bits per heavy atom. The zero-order valence-electron chi connectivity index (χ0n) is 18.0. The Kier molecular flexibility index (Phi) is 6.15. The minimum absolute atomic E-state index is 0.0724. The van der Waals surface area contributed by atoms with Crippen LogP contribution in [0.25, 0.3) is 0 Å². The molecule has 0 N–H and O–H groups in total. The normalized spacial score (nSPS) is 22.1. The number of rotatable bonds is 7. The molecule has 0 radical (unpaired) electrons. The molecule has 7 nitrogen and oxygen atoms in total. The van der Waals surface area contributed by atoms with E-state index >= 15 is 0 Å². The molecular formula is C21H32N2O5S. The van der Waals surface area contributed by atoms with Gasteiger partial charge in [-0.05, 0) is 42.9 Å². The van der Waals surface area contributed by atoms with Crippen molar-refractivity contribution in [2.24, 2.45) is 5.41 Å². The highest BCUT2D eigenvalue weighted by Gasteiger charge is 2.41. The smallest absolute Gasteiger partial charge is 0.209 e. The van der Waals surface area contributed by atoms with Crippen LogP contribution >= 0.6 is 0 Å². The number of amides is 1. The van der Waals surface area contributed by atoms with Crippen molar-refractivity contribution in [1.82, 2.24) is 4.90 Å². The summed E-state index contributed by atoms with van der Waals surface area (Å²) in [6, 6.07) is 3.76. The second kappa shape index (κ2) is 8.14. The molecule has 2 bridgehead atoms. The third-order valence-electron chi connectivity index (χ3n) is 5.47. The Morgan fingerprint density at radius 3 is 2.31 bits per heavy atom. The van der Waals surface area contributed by atoms with Gasteiger partial charge in [0.2, 0.25) is 6.41 Å². The van der Waals surface area contributed by atoms with Gasteiger partial charge in [0.25, 0.3) is 0 Å². The number of fused-ring (bicyclic) bond motifs is 2. The highest BCUT2D eigenvalue weighted by atomic mass is 32.2. The molecule has 2 heterocycles. The Bertz CT molecular complexity index is 849. The van der Waals surface area contributed by atoms with E-state index in [1.165, 1.54) is 0 Å². The first-order chi connectivity index (χ1) is 13.6. The summed E-state index contributed by atoms with van der Waals surface area (Å²) in [5.41, 5.74) is 1.21. The van der Waals surface area contributed by atoms with E-state index in [-0.39, 0.29) is 30.0 Å². The molecule has 2 aliphatic heterocycles. The van der Waals surface area contributed by atoms with Crippen molar-refractivity contribution < 1.29 is 22.7 Å². The van der Waals surface area contributed by atoms with Gasteiger partial charge in [-0.2, -0.15) is 0 Å². The maximum absolute atomic E-state index is 13.1. The van der Waals surface area contributed by atoms with E-state index in [1.807, 2.05) is 32.6 Å². The Balaban J connectivity index is 2.07. The van der Waals surface area contributed by atoms with Crippen LogP contribution in [0.3, 0.4) is 0 Å². The van der Waals surface area contributed by atoms with Crippen LogP contribution in [-0.4, -0.2) is 64.6 Å². The fraction of sp³-hybridized carbons (Fsp3) is 0.667. The number of methoxy groups -OCH3 is 1. The summed E-state index contributed by atoms with van der Waals surface area (Å²) >= 11 is 0. The lowest BCUT2D eigenvalue weighted by Crippen LogP contribution is -2.53. The van der Waals surface area contributed by atoms with E-state index in [2.05, 4.69) is 4.90 Å². The first-order valence-corrected chi connectivity index (χ1v) is 11.7. The first-order valence-electron chi connectivity index (χ1n) is 10.0. The molecule has 2 fully saturated rings. The van der Waals surface area contributed by atoms with Gasteiger partial charge in [0, 0.05) is 32.3 Å². The zero-order chi connectivity index (χ0) is 21.4. The Hall–Kier alpha value is -1.80. The lowest BCUT2D eigenvalue weighted by Gasteiger charge is -2.42. The second-order valence-corrected chi connectivity index (χ2v) is 11.3. The minimum Gasteiger partial charge on any atom is -0.465 e. The second-order valence-electron chi connectivity index (χ2n) is 9.31. The number of piperazine rings is 1. The van der Waals surface area contributed by atoms with Crippen LogP contribution in [0, 0.1) is 12.3 Å². The van der Waals surface area contributed by atoms with Crippen molar-refractivity contribution in [3.05, 3.63) is 17.7 Å². The summed E-state index contributed by atoms with van der Waals surface area (Å²) < 4.78 is 37.2. The molecule has 2 unspecified atom stereocenters. The number of sulfone groups is 1. The van der Waals surface area contributed by atoms with Gasteiger partial charge in [-0.25, -0.2) is 8.42 Å². The maximum atomic E-state index is 13.1. The lowest BCUT2D eigenvalue weighted by atomic mass is 10.0. The van der Waals surface area contributed by atoms with Crippen molar-refractivity contribution in [2.45, 2.75) is 57.5 Å². The van der Waals surface area contributed by atoms with Gasteiger partial charge < -0.3 is 19.3 Å². The van der Waals surface area contributed by atoms with E-state index in [0.29, 0.717) is 23.7 Å². The van der Waals surface area contributed by atoms with E-state index in [9.17, 15) is 13.2 Å². The SMILES string of the molecule is COCOc1c(C)cc(S(=O)(=O)CC(C)(C)C)cc1N1C2CCC1CN(C=O)C2. The van der Waals surface area contributed by atoms with Crippen LogP contribution in [-0.2, 0) is 19.4 Å². The van der Waals surface area contributed by atoms with Crippen LogP contribution in [0.2, 0.25) is 0 Å². The van der Waals surface area contributed by atoms with Gasteiger partial charge in [0.1, 0.15) is 5.75 Å². The number of aryl methyl sites for hydroxylation is 1. The Labute approximate surface area is 173 Å². The first kappa shape index (κ1) is 21.9. The van der Waals surface area contributed by atoms with Gasteiger partial charge in [0.05, 0.1) is 16.3 Å². The maximum Gasteiger partial charge on any atom is 0.209 e. The number of ether oxygens (including phenoxy) is 2. The topological polar surface area (TPSA) is 76.2 Å². The number of nitrogens with zero attached hydrogens (tertiary/aromatic N) is 2. The predicted molar refractivity (Wildman–Crippen MR) is 112 cm³/mol. The zero-order valence-corrected chi connectivity index (χ0v) is 18.8. The van der Waals surface area contributed by atoms with E-state index < -0.39 is 9.84 Å². The fourth-order valence-electron chi connectivity index (χ4n) is 4.47. The summed E-state index contributed by atoms with van der Waals surface area (Å²) in [5.74, 6) is 0.723. The predicted octanol–water partition coefficient (Wildman–Crippen LogP) is 2.61. The number of likely N-dealkylation sites (tertiary alicyclic amines) is 1. The van der Waals surface area contributed by atoms with Crippen LogP contribution in [0.15, 0.2) is 17.0 Å². The van der Waals surface area contributed by atoms with Crippen LogP contribution in [0.5, 0.6) is 5.75 Å². The molecular weight excluding hydrogens is 392 g/mol. The third kappa shape index (κ3) is 4.69. The average Bonchev–Trinajstić information content (AvgIpc) is 2.87. The van der Waals surface area contributed by atoms with E-state index in [0.717, 1.165) is 30.5 Å². The average molecular weight is 425 g/mol. The van der Waals surface area contributed by atoms with Gasteiger partial charge in [0.15, 0.2) is 16.6 Å².